The molecule has 1 N–H and O–H groups in total. The van der Waals surface area contributed by atoms with Crippen LogP contribution in [-0.2, 0) is 20.6 Å². The maximum Gasteiger partial charge on any atom is 0.262 e. The van der Waals surface area contributed by atoms with E-state index in [2.05, 4.69) is 49.9 Å². The molecule has 1 saturated heterocycles. The van der Waals surface area contributed by atoms with Crippen molar-refractivity contribution in [2.75, 3.05) is 6.54 Å². The Bertz CT molecular complexity index is 905. The minimum atomic E-state index is -0.118. The lowest BCUT2D eigenvalue weighted by Gasteiger charge is -2.24. The molecule has 1 aliphatic heterocycles. The van der Waals surface area contributed by atoms with Gasteiger partial charge >= 0.3 is 0 Å². The van der Waals surface area contributed by atoms with Crippen LogP contribution in [-0.4, -0.2) is 35.8 Å². The lowest BCUT2D eigenvalue weighted by molar-refractivity contribution is 0.235. The van der Waals surface area contributed by atoms with E-state index in [4.69, 9.17) is 0 Å². The first-order valence-electron chi connectivity index (χ1n) is 7.89. The van der Waals surface area contributed by atoms with Crippen molar-refractivity contribution in [2.45, 2.75) is 25.4 Å². The van der Waals surface area contributed by atoms with Crippen molar-refractivity contribution in [1.82, 2.24) is 29.2 Å². The number of H-pyrrole nitrogens is 1. The zero-order valence-electron chi connectivity index (χ0n) is 13.4. The summed E-state index contributed by atoms with van der Waals surface area (Å²) in [5.74, 6) is 0.701. The molecule has 1 aliphatic rings. The van der Waals surface area contributed by atoms with Gasteiger partial charge < -0.3 is 9.55 Å². The van der Waals surface area contributed by atoms with Gasteiger partial charge in [-0.15, -0.1) is 0 Å². The molecule has 1 fully saturated rings. The van der Waals surface area contributed by atoms with E-state index in [9.17, 15) is 4.79 Å². The van der Waals surface area contributed by atoms with Crippen molar-refractivity contribution in [1.29, 1.82) is 0 Å². The molecule has 0 bridgehead atoms. The highest BCUT2D eigenvalue weighted by Gasteiger charge is 2.28. The van der Waals surface area contributed by atoms with Crippen LogP contribution in [0.2, 0.25) is 0 Å². The molecular weight excluding hydrogens is 292 g/mol. The summed E-state index contributed by atoms with van der Waals surface area (Å²) >= 11 is 0. The molecule has 0 unspecified atom stereocenters. The number of nitrogens with one attached hydrogen (secondary N) is 1. The summed E-state index contributed by atoms with van der Waals surface area (Å²) in [5, 5.41) is 4.65. The SMILES string of the molecule is Cn1cccc1[C@H]1CCCN1Cc1nc2c(cnn2C)c(=O)[nH]1. The van der Waals surface area contributed by atoms with Gasteiger partial charge in [-0.2, -0.15) is 5.10 Å². The Morgan fingerprint density at radius 1 is 1.39 bits per heavy atom. The Labute approximate surface area is 133 Å². The lowest BCUT2D eigenvalue weighted by Crippen LogP contribution is -2.26. The highest BCUT2D eigenvalue weighted by Crippen LogP contribution is 2.32. The van der Waals surface area contributed by atoms with Gasteiger partial charge in [0.15, 0.2) is 5.65 Å². The van der Waals surface area contributed by atoms with Gasteiger partial charge in [0, 0.05) is 26.0 Å². The van der Waals surface area contributed by atoms with E-state index < -0.39 is 0 Å². The summed E-state index contributed by atoms with van der Waals surface area (Å²) < 4.78 is 3.82. The summed E-state index contributed by atoms with van der Waals surface area (Å²) in [5.41, 5.74) is 1.83. The van der Waals surface area contributed by atoms with E-state index in [1.807, 2.05) is 0 Å². The van der Waals surface area contributed by atoms with Gasteiger partial charge in [-0.05, 0) is 31.5 Å². The predicted molar refractivity (Wildman–Crippen MR) is 86.9 cm³/mol. The number of likely N-dealkylation sites (tertiary alicyclic amines) is 1. The summed E-state index contributed by atoms with van der Waals surface area (Å²) in [7, 11) is 3.88. The summed E-state index contributed by atoms with van der Waals surface area (Å²) in [6.45, 7) is 1.66. The van der Waals surface area contributed by atoms with Crippen LogP contribution in [0, 0.1) is 0 Å². The first-order chi connectivity index (χ1) is 11.1. The molecule has 4 heterocycles. The standard InChI is InChI=1S/C16H20N6O/c1-20-7-3-5-12(20)13-6-4-8-22(13)10-14-18-15-11(16(23)19-14)9-17-21(15)2/h3,5,7,9,13H,4,6,8,10H2,1-2H3,(H,18,19,23)/t13-/m1/s1. The highest BCUT2D eigenvalue weighted by atomic mass is 16.1. The second-order valence-electron chi connectivity index (χ2n) is 6.19. The van der Waals surface area contributed by atoms with Crippen LogP contribution in [0.4, 0.5) is 0 Å². The molecule has 120 valence electrons. The Morgan fingerprint density at radius 2 is 2.26 bits per heavy atom. The molecule has 0 spiro atoms. The van der Waals surface area contributed by atoms with Gasteiger partial charge in [0.25, 0.3) is 5.56 Å². The molecule has 0 aromatic carbocycles. The van der Waals surface area contributed by atoms with Crippen molar-refractivity contribution in [3.05, 3.63) is 46.4 Å². The van der Waals surface area contributed by atoms with Gasteiger partial charge in [-0.25, -0.2) is 4.98 Å². The van der Waals surface area contributed by atoms with Gasteiger partial charge in [0.05, 0.1) is 18.8 Å². The fourth-order valence-electron chi connectivity index (χ4n) is 3.52. The van der Waals surface area contributed by atoms with E-state index in [0.29, 0.717) is 29.4 Å². The normalized spacial score (nSPS) is 19.0. The van der Waals surface area contributed by atoms with Gasteiger partial charge in [-0.1, -0.05) is 0 Å². The third-order valence-corrected chi connectivity index (χ3v) is 4.69. The average molecular weight is 312 g/mol. The minimum absolute atomic E-state index is 0.118. The lowest BCUT2D eigenvalue weighted by atomic mass is 10.1. The molecule has 23 heavy (non-hydrogen) atoms. The van der Waals surface area contributed by atoms with E-state index in [-0.39, 0.29) is 5.56 Å². The van der Waals surface area contributed by atoms with Crippen LogP contribution in [0.3, 0.4) is 0 Å². The van der Waals surface area contributed by atoms with Gasteiger partial charge in [0.1, 0.15) is 11.2 Å². The molecule has 7 nitrogen and oxygen atoms in total. The predicted octanol–water partition coefficient (Wildman–Crippen LogP) is 1.33. The molecule has 0 radical (unpaired) electrons. The van der Waals surface area contributed by atoms with Gasteiger partial charge in [0.2, 0.25) is 0 Å². The first-order valence-corrected chi connectivity index (χ1v) is 7.89. The molecule has 1 atom stereocenters. The van der Waals surface area contributed by atoms with Crippen LogP contribution < -0.4 is 5.56 Å². The van der Waals surface area contributed by atoms with Crippen LogP contribution in [0.15, 0.2) is 29.3 Å². The Morgan fingerprint density at radius 3 is 3.04 bits per heavy atom. The summed E-state index contributed by atoms with van der Waals surface area (Å²) in [4.78, 5) is 22.1. The number of fused-ring (bicyclic) bond motifs is 1. The van der Waals surface area contributed by atoms with Crippen LogP contribution >= 0.6 is 0 Å². The zero-order chi connectivity index (χ0) is 16.0. The van der Waals surface area contributed by atoms with Gasteiger partial charge in [-0.3, -0.25) is 14.4 Å². The van der Waals surface area contributed by atoms with Crippen molar-refractivity contribution in [3.63, 3.8) is 0 Å². The fraction of sp³-hybridized carbons (Fsp3) is 0.438. The fourth-order valence-corrected chi connectivity index (χ4v) is 3.52. The molecule has 4 rings (SSSR count). The highest BCUT2D eigenvalue weighted by molar-refractivity contribution is 5.72. The molecule has 3 aromatic heterocycles. The minimum Gasteiger partial charge on any atom is -0.353 e. The van der Waals surface area contributed by atoms with Crippen LogP contribution in [0.25, 0.3) is 11.0 Å². The van der Waals surface area contributed by atoms with Crippen molar-refractivity contribution in [2.24, 2.45) is 14.1 Å². The quantitative estimate of drug-likeness (QED) is 0.792. The zero-order valence-corrected chi connectivity index (χ0v) is 13.4. The van der Waals surface area contributed by atoms with E-state index in [1.165, 1.54) is 5.69 Å². The number of rotatable bonds is 3. The molecule has 3 aromatic rings. The maximum atomic E-state index is 12.2. The van der Waals surface area contributed by atoms with Crippen LogP contribution in [0.5, 0.6) is 0 Å². The van der Waals surface area contributed by atoms with E-state index in [0.717, 1.165) is 19.4 Å². The Balaban J connectivity index is 1.66. The van der Waals surface area contributed by atoms with Crippen molar-refractivity contribution < 1.29 is 0 Å². The Kier molecular flexibility index (Phi) is 3.30. The molecule has 7 heteroatoms. The third kappa shape index (κ3) is 2.37. The topological polar surface area (TPSA) is 71.7 Å². The second-order valence-corrected chi connectivity index (χ2v) is 6.19. The second kappa shape index (κ2) is 5.34. The smallest absolute Gasteiger partial charge is 0.262 e. The van der Waals surface area contributed by atoms with Crippen molar-refractivity contribution in [3.8, 4) is 0 Å². The van der Waals surface area contributed by atoms with E-state index >= 15 is 0 Å². The number of aromatic amines is 1. The first kappa shape index (κ1) is 14.2. The summed E-state index contributed by atoms with van der Waals surface area (Å²) in [6, 6.07) is 4.62. The number of hydrogen-bond acceptors (Lipinski definition) is 4. The number of aryl methyl sites for hydroxylation is 2. The molecule has 0 amide bonds. The third-order valence-electron chi connectivity index (χ3n) is 4.69. The number of nitrogens with zero attached hydrogens (tertiary/aromatic N) is 5. The summed E-state index contributed by atoms with van der Waals surface area (Å²) in [6.07, 6.45) is 5.94. The molecular formula is C16H20N6O. The van der Waals surface area contributed by atoms with E-state index in [1.54, 1.807) is 17.9 Å². The largest absolute Gasteiger partial charge is 0.353 e. The van der Waals surface area contributed by atoms with Crippen LogP contribution in [0.1, 0.15) is 30.4 Å². The van der Waals surface area contributed by atoms with Crippen molar-refractivity contribution >= 4 is 11.0 Å². The monoisotopic (exact) mass is 312 g/mol. The molecule has 0 saturated carbocycles. The molecule has 0 aliphatic carbocycles. The average Bonchev–Trinajstić information content (AvgIpc) is 3.21. The Hall–Kier alpha value is -2.41. The number of aromatic nitrogens is 5. The number of hydrogen-bond donors (Lipinski definition) is 1. The maximum absolute atomic E-state index is 12.2.